The first-order valence-electron chi connectivity index (χ1n) is 54.1. The molecule has 0 radical (unpaired) electrons. The van der Waals surface area contributed by atoms with Gasteiger partial charge in [-0.25, -0.2) is 32.9 Å². The van der Waals surface area contributed by atoms with Gasteiger partial charge in [0, 0.05) is 33.4 Å². The summed E-state index contributed by atoms with van der Waals surface area (Å²) >= 11 is 0. The van der Waals surface area contributed by atoms with Crippen molar-refractivity contribution in [3.05, 3.63) is 199 Å². The fourth-order valence-electron chi connectivity index (χ4n) is 17.2. The number of esters is 3. The highest BCUT2D eigenvalue weighted by atomic mass is 31.2. The van der Waals surface area contributed by atoms with Crippen LogP contribution in [0.1, 0.15) is 456 Å². The van der Waals surface area contributed by atoms with E-state index in [9.17, 15) is 49.2 Å². The number of aromatic nitrogens is 3. The van der Waals surface area contributed by atoms with E-state index in [1.807, 2.05) is 182 Å². The van der Waals surface area contributed by atoms with Crippen LogP contribution in [0.5, 0.6) is 40.2 Å². The van der Waals surface area contributed by atoms with Crippen LogP contribution in [-0.4, -0.2) is 117 Å². The largest absolute Gasteiger partial charge is 0.507 e. The second kappa shape index (κ2) is 51.6. The van der Waals surface area contributed by atoms with E-state index in [1.54, 1.807) is 0 Å². The van der Waals surface area contributed by atoms with Crippen molar-refractivity contribution >= 4 is 35.1 Å². The zero-order valence-electron chi connectivity index (χ0n) is 99.9. The van der Waals surface area contributed by atoms with Gasteiger partial charge in [0.25, 0.3) is 0 Å². The van der Waals surface area contributed by atoms with Gasteiger partial charge in [0.1, 0.15) is 40.2 Å². The van der Waals surface area contributed by atoms with Gasteiger partial charge in [-0.15, -0.1) is 0 Å². The zero-order valence-corrected chi connectivity index (χ0v) is 102. The predicted molar refractivity (Wildman–Crippen MR) is 608 cm³/mol. The number of carbonyl (C=O) groups excluding carboxylic acids is 3. The van der Waals surface area contributed by atoms with Crippen LogP contribution in [0.3, 0.4) is 0 Å². The third-order valence-electron chi connectivity index (χ3n) is 26.4. The van der Waals surface area contributed by atoms with Crippen molar-refractivity contribution in [3.63, 3.8) is 0 Å². The molecule has 149 heavy (non-hydrogen) atoms. The van der Waals surface area contributed by atoms with Crippen LogP contribution < -0.4 is 35.6 Å². The van der Waals surface area contributed by atoms with E-state index in [4.69, 9.17) is 50.8 Å². The van der Waals surface area contributed by atoms with Crippen LogP contribution in [0.4, 0.5) is 0 Å². The minimum atomic E-state index is -2.26. The van der Waals surface area contributed by atoms with Gasteiger partial charge in [-0.3, -0.25) is 9.59 Å². The lowest BCUT2D eigenvalue weighted by molar-refractivity contribution is -0.178. The number of hydrogen-bond acceptors (Lipinski definition) is 21. The minimum absolute atomic E-state index is 0.0286. The molecule has 0 amide bonds. The summed E-state index contributed by atoms with van der Waals surface area (Å²) in [5.41, 5.74) is 7.69. The number of aliphatic hydroxyl groups is 1. The second-order valence-corrected chi connectivity index (χ2v) is 55.9. The number of benzene rings is 6. The van der Waals surface area contributed by atoms with E-state index >= 15 is 0 Å². The lowest BCUT2D eigenvalue weighted by Crippen LogP contribution is -2.55. The summed E-state index contributed by atoms with van der Waals surface area (Å²) in [6.07, 6.45) is 7.70. The van der Waals surface area contributed by atoms with Crippen LogP contribution in [0.15, 0.2) is 87.2 Å². The van der Waals surface area contributed by atoms with E-state index in [1.165, 1.54) is 44.5 Å². The van der Waals surface area contributed by atoms with Crippen LogP contribution in [0, 0.1) is 19.3 Å². The van der Waals surface area contributed by atoms with Crippen molar-refractivity contribution in [2.75, 3.05) is 59.5 Å². The molecule has 3 heterocycles. The van der Waals surface area contributed by atoms with E-state index in [0.29, 0.717) is 95.8 Å². The summed E-state index contributed by atoms with van der Waals surface area (Å²) in [5, 5.41) is 44.9. The standard InChI is InChI=1S/C48H69N3O6.C35H54O6P2.C22H38O2.C18H32O7/c1-43(2,3)31-19-28(20-32(37(31)52)44(4,5)6)25-49-40(55)50(26-29-21-33(45(7,8)9)38(53)34(22-29)46(10,11)12)42(57)51(41(49)56)27-30-23-35(47(13,14)15)39(54)36(24-30)48(16,17)18;1-23-15-25(31(3,4)5)29(26(16-23)32(6,7)8)40-42-36-19-35(20-37-42)21-38-43(39-22-35)41-30-27(33(9,10)11)17-24(2)18-28(30)34(12,13)14;1-9-11-13-23-19-15-18(22(6,7)8)20(24-14-12-10-2)16-17(19)21(3,4)5;1-4-7-10-23-15(19)13-18(22,17(21)25-12-9-6-3)14-16(20)24-11-8-5-2/h19-24,52-54H,25-27H2,1-18H3;15-18H,19-22H2,1-14H3;15-16H,9-14H2,1-8H3;22H,4-14H2,1-3H3. The van der Waals surface area contributed by atoms with Gasteiger partial charge < -0.3 is 71.3 Å². The molecule has 26 heteroatoms. The van der Waals surface area contributed by atoms with Crippen molar-refractivity contribution in [2.24, 2.45) is 5.41 Å². The molecule has 2 saturated heterocycles. The number of ether oxygens (including phenoxy) is 5. The normalized spacial score (nSPS) is 15.8. The summed E-state index contributed by atoms with van der Waals surface area (Å²) in [4.78, 5) is 80.0. The highest BCUT2D eigenvalue weighted by molar-refractivity contribution is 7.42. The SMILES string of the molecule is CC(C)(C)c1cc(Cn2c(=O)n(Cc3cc(C(C)(C)C)c(O)c(C(C)(C)C)c3)c(=O)n(Cc3cc(C(C)(C)C)c(O)c(C(C)(C)C)c3)c2=O)cc(C(C)(C)C)c1O.CCCCOC(=O)CC(O)(CC(=O)OCCCC)C(=O)OCCCC.CCCCOc1cc(C(C)(C)C)c(OCCCC)cc1C(C)(C)C.Cc1cc(C(C)(C)C)c(OP2OCC3(CO2)COP(Oc2c(C(C)(C)C)cc(C)cc2C(C)(C)C)OC3)c(C(C)(C)C)c1. The van der Waals surface area contributed by atoms with Crippen molar-refractivity contribution in [1.29, 1.82) is 0 Å². The Bertz CT molecular complexity index is 5180. The number of aryl methyl sites for hydroxylation is 2. The Morgan fingerprint density at radius 2 is 0.517 bits per heavy atom. The van der Waals surface area contributed by atoms with Crippen LogP contribution in [0.2, 0.25) is 0 Å². The molecule has 4 N–H and O–H groups in total. The van der Waals surface area contributed by atoms with Gasteiger partial charge in [0.15, 0.2) is 5.60 Å². The van der Waals surface area contributed by atoms with Gasteiger partial charge in [-0.2, -0.15) is 0 Å². The number of phenols is 3. The van der Waals surface area contributed by atoms with Crippen LogP contribution in [0.25, 0.3) is 0 Å². The Labute approximate surface area is 898 Å². The first-order chi connectivity index (χ1) is 68.1. The smallest absolute Gasteiger partial charge is 0.397 e. The minimum Gasteiger partial charge on any atom is -0.507 e. The monoisotopic (exact) mass is 2110 g/mol. The lowest BCUT2D eigenvalue weighted by Gasteiger charge is -2.42. The molecule has 2 aliphatic heterocycles. The predicted octanol–water partition coefficient (Wildman–Crippen LogP) is 28.9. The summed E-state index contributed by atoms with van der Waals surface area (Å²) in [6, 6.07) is 24.4. The molecule has 0 unspecified atom stereocenters. The number of nitrogens with zero attached hydrogens (tertiary/aromatic N) is 3. The lowest BCUT2D eigenvalue weighted by atomic mass is 9.78. The third-order valence-corrected chi connectivity index (χ3v) is 28.4. The maximum absolute atomic E-state index is 14.7. The molecule has 7 aromatic rings. The molecule has 0 atom stereocenters. The van der Waals surface area contributed by atoms with Gasteiger partial charge in [0.05, 0.1) is 97.4 Å². The van der Waals surface area contributed by atoms with Gasteiger partial charge in [-0.1, -0.05) is 351 Å². The van der Waals surface area contributed by atoms with Crippen LogP contribution >= 0.6 is 17.2 Å². The molecule has 1 spiro atoms. The van der Waals surface area contributed by atoms with Crippen molar-refractivity contribution in [3.8, 4) is 40.2 Å². The molecule has 9 rings (SSSR count). The fraction of sp³-hybridized carbons (Fsp3) is 0.659. The van der Waals surface area contributed by atoms with Gasteiger partial charge in [-0.05, 0) is 210 Å². The summed E-state index contributed by atoms with van der Waals surface area (Å²) in [6.45, 7) is 94.0. The number of aromatic hydroxyl groups is 3. The Hall–Kier alpha value is -8.60. The summed E-state index contributed by atoms with van der Waals surface area (Å²) in [5.74, 6) is 1.85. The highest BCUT2D eigenvalue weighted by Gasteiger charge is 2.48. The number of rotatable bonds is 32. The average molecular weight is 2110 g/mol. The molecule has 1 aromatic heterocycles. The zero-order chi connectivity index (χ0) is 113. The Morgan fingerprint density at radius 3 is 0.725 bits per heavy atom. The molecule has 836 valence electrons. The van der Waals surface area contributed by atoms with Gasteiger partial charge in [0.2, 0.25) is 0 Å². The molecule has 2 aliphatic rings. The molecule has 24 nitrogen and oxygen atoms in total. The molecule has 6 aromatic carbocycles. The maximum atomic E-state index is 14.7. The third kappa shape index (κ3) is 36.5. The maximum Gasteiger partial charge on any atom is 0.397 e. The Morgan fingerprint density at radius 1 is 0.309 bits per heavy atom. The first kappa shape index (κ1) is 129. The fourth-order valence-corrected chi connectivity index (χ4v) is 19.8. The molecule has 0 saturated carbocycles. The quantitative estimate of drug-likeness (QED) is 0.0132. The first-order valence-corrected chi connectivity index (χ1v) is 56.3. The molecular formula is C123H193N3O21P2. The van der Waals surface area contributed by atoms with E-state index in [0.717, 1.165) is 94.9 Å². The molecular weight excluding hydrogens is 1920 g/mol. The number of phenolic OH excluding ortho intramolecular Hbond substituents is 3. The van der Waals surface area contributed by atoms with Crippen molar-refractivity contribution in [1.82, 2.24) is 13.7 Å². The van der Waals surface area contributed by atoms with Gasteiger partial charge >= 0.3 is 52.2 Å². The summed E-state index contributed by atoms with van der Waals surface area (Å²) in [7, 11) is -3.12. The van der Waals surface area contributed by atoms with E-state index in [2.05, 4.69) is 189 Å². The Balaban J connectivity index is 0.000000324. The highest BCUT2D eigenvalue weighted by Crippen LogP contribution is 2.58. The molecule has 0 bridgehead atoms. The van der Waals surface area contributed by atoms with E-state index in [-0.39, 0.29) is 89.2 Å². The topological polar surface area (TPSA) is 300 Å². The van der Waals surface area contributed by atoms with E-state index < -0.39 is 109 Å². The Kier molecular flexibility index (Phi) is 44.7. The average Bonchev–Trinajstić information content (AvgIpc) is 0.748. The second-order valence-electron chi connectivity index (χ2n) is 53.6. The summed E-state index contributed by atoms with van der Waals surface area (Å²) < 4.78 is 68.8. The van der Waals surface area contributed by atoms with Crippen molar-refractivity contribution in [2.45, 2.75) is 465 Å². The van der Waals surface area contributed by atoms with Crippen LogP contribution in [-0.2, 0) is 131 Å². The number of carbonyl (C=O) groups is 3. The van der Waals surface area contributed by atoms with Crippen molar-refractivity contribution < 1.29 is 85.6 Å². The molecule has 0 aliphatic carbocycles. The number of hydrogen-bond donors (Lipinski definition) is 4. The molecule has 2 fully saturated rings. The number of unbranched alkanes of at least 4 members (excludes halogenated alkanes) is 5.